The minimum atomic E-state index is -0.373. The summed E-state index contributed by atoms with van der Waals surface area (Å²) >= 11 is 0. The minimum absolute atomic E-state index is 0.0944. The van der Waals surface area contributed by atoms with Gasteiger partial charge >= 0.3 is 0 Å². The largest absolute Gasteiger partial charge is 0.493 e. The quantitative estimate of drug-likeness (QED) is 0.694. The van der Waals surface area contributed by atoms with Crippen LogP contribution in [0.3, 0.4) is 0 Å². The average molecular weight is 314 g/mol. The molecule has 0 amide bonds. The molecule has 1 atom stereocenters. The Morgan fingerprint density at radius 1 is 1.22 bits per heavy atom. The number of nitro benzene ring substituents is 1. The van der Waals surface area contributed by atoms with E-state index in [1.165, 1.54) is 6.07 Å². The molecular weight excluding hydrogens is 296 g/mol. The number of benzene rings is 2. The maximum absolute atomic E-state index is 11.0. The lowest BCUT2D eigenvalue weighted by molar-refractivity contribution is -0.384. The van der Waals surface area contributed by atoms with E-state index in [1.54, 1.807) is 26.4 Å². The van der Waals surface area contributed by atoms with E-state index in [0.29, 0.717) is 5.75 Å². The number of rotatable bonds is 4. The summed E-state index contributed by atoms with van der Waals surface area (Å²) in [6, 6.07) is 10.5. The van der Waals surface area contributed by atoms with Gasteiger partial charge in [-0.2, -0.15) is 0 Å². The van der Waals surface area contributed by atoms with Gasteiger partial charge in [-0.1, -0.05) is 18.2 Å². The molecule has 0 saturated carbocycles. The Morgan fingerprint density at radius 3 is 2.74 bits per heavy atom. The molecule has 2 aromatic carbocycles. The van der Waals surface area contributed by atoms with Gasteiger partial charge in [0.1, 0.15) is 0 Å². The Kier molecular flexibility index (Phi) is 4.16. The molecule has 0 aliphatic carbocycles. The first-order valence-electron chi connectivity index (χ1n) is 7.37. The van der Waals surface area contributed by atoms with Crippen molar-refractivity contribution in [1.29, 1.82) is 0 Å². The summed E-state index contributed by atoms with van der Waals surface area (Å²) in [5.41, 5.74) is 3.11. The molecule has 1 aliphatic rings. The van der Waals surface area contributed by atoms with Crippen LogP contribution in [0.1, 0.15) is 22.7 Å². The Morgan fingerprint density at radius 2 is 2.04 bits per heavy atom. The summed E-state index contributed by atoms with van der Waals surface area (Å²) in [5, 5.41) is 14.4. The standard InChI is InChI=1S/C17H18N2O4/c1-22-15-7-6-13-14(17(15)23-2)8-9-18-16(13)11-4-3-5-12(10-11)19(20)21/h3-7,10,16,18H,8-9H2,1-2H3. The number of non-ortho nitro benzene ring substituents is 1. The van der Waals surface area contributed by atoms with E-state index in [0.717, 1.165) is 35.4 Å². The van der Waals surface area contributed by atoms with Crippen molar-refractivity contribution in [1.82, 2.24) is 5.32 Å². The lowest BCUT2D eigenvalue weighted by Crippen LogP contribution is -2.31. The van der Waals surface area contributed by atoms with E-state index in [1.807, 2.05) is 18.2 Å². The number of hydrogen-bond acceptors (Lipinski definition) is 5. The van der Waals surface area contributed by atoms with Crippen LogP contribution in [-0.4, -0.2) is 25.7 Å². The summed E-state index contributed by atoms with van der Waals surface area (Å²) in [7, 11) is 3.24. The van der Waals surface area contributed by atoms with Crippen LogP contribution in [0, 0.1) is 10.1 Å². The van der Waals surface area contributed by atoms with Gasteiger partial charge in [0, 0.05) is 24.2 Å². The Hall–Kier alpha value is -2.60. The van der Waals surface area contributed by atoms with Crippen molar-refractivity contribution >= 4 is 5.69 Å². The van der Waals surface area contributed by atoms with Gasteiger partial charge in [-0.05, 0) is 23.6 Å². The van der Waals surface area contributed by atoms with Crippen LogP contribution >= 0.6 is 0 Å². The van der Waals surface area contributed by atoms with Gasteiger partial charge < -0.3 is 14.8 Å². The van der Waals surface area contributed by atoms with Crippen LogP contribution in [0.25, 0.3) is 0 Å². The number of nitro groups is 1. The topological polar surface area (TPSA) is 73.6 Å². The van der Waals surface area contributed by atoms with Gasteiger partial charge in [-0.3, -0.25) is 10.1 Å². The van der Waals surface area contributed by atoms with Crippen molar-refractivity contribution in [3.8, 4) is 11.5 Å². The lowest BCUT2D eigenvalue weighted by Gasteiger charge is -2.29. The lowest BCUT2D eigenvalue weighted by atomic mass is 9.89. The molecule has 6 nitrogen and oxygen atoms in total. The first kappa shape index (κ1) is 15.3. The van der Waals surface area contributed by atoms with Gasteiger partial charge in [0.15, 0.2) is 11.5 Å². The zero-order valence-corrected chi connectivity index (χ0v) is 13.0. The molecule has 1 N–H and O–H groups in total. The second kappa shape index (κ2) is 6.26. The van der Waals surface area contributed by atoms with Crippen LogP contribution in [-0.2, 0) is 6.42 Å². The van der Waals surface area contributed by atoms with Crippen molar-refractivity contribution < 1.29 is 14.4 Å². The van der Waals surface area contributed by atoms with Crippen molar-refractivity contribution in [3.63, 3.8) is 0 Å². The average Bonchev–Trinajstić information content (AvgIpc) is 2.60. The molecule has 6 heteroatoms. The van der Waals surface area contributed by atoms with Crippen LogP contribution in [0.5, 0.6) is 11.5 Å². The normalized spacial score (nSPS) is 16.5. The van der Waals surface area contributed by atoms with Crippen molar-refractivity contribution in [2.45, 2.75) is 12.5 Å². The highest BCUT2D eigenvalue weighted by Gasteiger charge is 2.26. The molecule has 0 spiro atoms. The zero-order chi connectivity index (χ0) is 16.4. The highest BCUT2D eigenvalue weighted by atomic mass is 16.6. The highest BCUT2D eigenvalue weighted by Crippen LogP contribution is 2.40. The molecule has 0 bridgehead atoms. The minimum Gasteiger partial charge on any atom is -0.493 e. The maximum atomic E-state index is 11.0. The number of ether oxygens (including phenoxy) is 2. The molecule has 120 valence electrons. The molecule has 0 fully saturated rings. The first-order chi connectivity index (χ1) is 11.2. The van der Waals surface area contributed by atoms with Crippen LogP contribution in [0.2, 0.25) is 0 Å². The van der Waals surface area contributed by atoms with Gasteiger partial charge in [-0.25, -0.2) is 0 Å². The maximum Gasteiger partial charge on any atom is 0.269 e. The van der Waals surface area contributed by atoms with Crippen LogP contribution in [0.15, 0.2) is 36.4 Å². The SMILES string of the molecule is COc1ccc2c(c1OC)CCNC2c1cccc([N+](=O)[O-])c1. The third-order valence-electron chi connectivity index (χ3n) is 4.13. The third-order valence-corrected chi connectivity index (χ3v) is 4.13. The second-order valence-corrected chi connectivity index (χ2v) is 5.36. The fourth-order valence-corrected chi connectivity index (χ4v) is 3.10. The van der Waals surface area contributed by atoms with Crippen molar-refractivity contribution in [2.75, 3.05) is 20.8 Å². The molecule has 0 saturated heterocycles. The highest BCUT2D eigenvalue weighted by molar-refractivity contribution is 5.55. The predicted molar refractivity (Wildman–Crippen MR) is 86.2 cm³/mol. The molecular formula is C17H18N2O4. The summed E-state index contributed by atoms with van der Waals surface area (Å²) in [6.07, 6.45) is 0.821. The van der Waals surface area contributed by atoms with Gasteiger partial charge in [-0.15, -0.1) is 0 Å². The van der Waals surface area contributed by atoms with Crippen molar-refractivity contribution in [2.24, 2.45) is 0 Å². The molecule has 0 radical (unpaired) electrons. The molecule has 1 unspecified atom stereocenters. The number of hydrogen-bond donors (Lipinski definition) is 1. The summed E-state index contributed by atoms with van der Waals surface area (Å²) in [5.74, 6) is 1.44. The van der Waals surface area contributed by atoms with Gasteiger partial charge in [0.25, 0.3) is 5.69 Å². The van der Waals surface area contributed by atoms with E-state index in [4.69, 9.17) is 9.47 Å². The molecule has 1 heterocycles. The predicted octanol–water partition coefficient (Wildman–Crippen LogP) is 2.85. The summed E-state index contributed by atoms with van der Waals surface area (Å²) in [4.78, 5) is 10.6. The Labute approximate surface area is 134 Å². The van der Waals surface area contributed by atoms with E-state index in [9.17, 15) is 10.1 Å². The van der Waals surface area contributed by atoms with Crippen LogP contribution in [0.4, 0.5) is 5.69 Å². The fourth-order valence-electron chi connectivity index (χ4n) is 3.10. The van der Waals surface area contributed by atoms with E-state index in [-0.39, 0.29) is 16.7 Å². The van der Waals surface area contributed by atoms with E-state index in [2.05, 4.69) is 5.32 Å². The number of fused-ring (bicyclic) bond motifs is 1. The Balaban J connectivity index is 2.09. The number of nitrogens with one attached hydrogen (secondary N) is 1. The Bertz CT molecular complexity index is 745. The van der Waals surface area contributed by atoms with Crippen LogP contribution < -0.4 is 14.8 Å². The molecule has 3 rings (SSSR count). The molecule has 23 heavy (non-hydrogen) atoms. The number of methoxy groups -OCH3 is 2. The molecule has 2 aromatic rings. The smallest absolute Gasteiger partial charge is 0.269 e. The van der Waals surface area contributed by atoms with Gasteiger partial charge in [0.05, 0.1) is 25.2 Å². The summed E-state index contributed by atoms with van der Waals surface area (Å²) < 4.78 is 10.9. The van der Waals surface area contributed by atoms with Gasteiger partial charge in [0.2, 0.25) is 0 Å². The van der Waals surface area contributed by atoms with E-state index >= 15 is 0 Å². The summed E-state index contributed by atoms with van der Waals surface area (Å²) in [6.45, 7) is 0.768. The molecule has 0 aromatic heterocycles. The monoisotopic (exact) mass is 314 g/mol. The molecule has 1 aliphatic heterocycles. The second-order valence-electron chi connectivity index (χ2n) is 5.36. The third kappa shape index (κ3) is 2.73. The first-order valence-corrected chi connectivity index (χ1v) is 7.37. The van der Waals surface area contributed by atoms with E-state index < -0.39 is 0 Å². The zero-order valence-electron chi connectivity index (χ0n) is 13.0. The van der Waals surface area contributed by atoms with Crippen molar-refractivity contribution in [3.05, 3.63) is 63.2 Å². The number of nitrogens with zero attached hydrogens (tertiary/aromatic N) is 1. The fraction of sp³-hybridized carbons (Fsp3) is 0.294.